The number of aliphatic hydroxyl groups is 2. The third-order valence-electron chi connectivity index (χ3n) is 10.1. The van der Waals surface area contributed by atoms with Crippen LogP contribution in [0.4, 0.5) is 13.2 Å². The van der Waals surface area contributed by atoms with E-state index in [1.807, 2.05) is 6.08 Å². The molecule has 4 fully saturated rings. The lowest BCUT2D eigenvalue weighted by Crippen LogP contribution is -2.54. The fourth-order valence-corrected chi connectivity index (χ4v) is 8.22. The molecule has 2 nitrogen and oxygen atoms in total. The second kappa shape index (κ2) is 7.59. The molecule has 5 heteroatoms. The van der Waals surface area contributed by atoms with Crippen LogP contribution >= 0.6 is 0 Å². The van der Waals surface area contributed by atoms with Crippen LogP contribution in [0.15, 0.2) is 29.8 Å². The predicted molar refractivity (Wildman–Crippen MR) is 119 cm³/mol. The molecule has 2 N–H and O–H groups in total. The zero-order valence-electron chi connectivity index (χ0n) is 19.0. The molecule has 32 heavy (non-hydrogen) atoms. The summed E-state index contributed by atoms with van der Waals surface area (Å²) < 4.78 is 38.7. The number of alkyl halides is 3. The van der Waals surface area contributed by atoms with Crippen molar-refractivity contribution >= 4 is 6.08 Å². The van der Waals surface area contributed by atoms with Crippen LogP contribution in [-0.2, 0) is 6.18 Å². The third-order valence-corrected chi connectivity index (χ3v) is 10.1. The van der Waals surface area contributed by atoms with E-state index in [0.717, 1.165) is 74.6 Å². The van der Waals surface area contributed by atoms with Crippen LogP contribution < -0.4 is 0 Å². The van der Waals surface area contributed by atoms with Gasteiger partial charge >= 0.3 is 6.18 Å². The van der Waals surface area contributed by atoms with Crippen molar-refractivity contribution in [2.24, 2.45) is 34.5 Å². The fraction of sp³-hybridized carbons (Fsp3) is 0.704. The lowest BCUT2D eigenvalue weighted by atomic mass is 9.45. The maximum absolute atomic E-state index is 12.9. The molecule has 4 saturated carbocycles. The van der Waals surface area contributed by atoms with Crippen molar-refractivity contribution in [2.45, 2.75) is 83.6 Å². The molecular weight excluding hydrogens is 413 g/mol. The molecule has 4 aliphatic rings. The Hall–Kier alpha value is -1.33. The van der Waals surface area contributed by atoms with Gasteiger partial charge in [0.15, 0.2) is 0 Å². The summed E-state index contributed by atoms with van der Waals surface area (Å²) in [5.41, 5.74) is 1.19. The molecule has 0 aromatic heterocycles. The Bertz CT molecular complexity index is 891. The van der Waals surface area contributed by atoms with Gasteiger partial charge < -0.3 is 10.2 Å². The van der Waals surface area contributed by atoms with E-state index in [2.05, 4.69) is 13.8 Å². The molecule has 8 atom stereocenters. The SMILES string of the molecule is C[C@]12CC[C@@H](O)C[C@@H]1CC[C@@H]1[C@@H]2CC[C@]2(C)[C@@H](O)/C(=C/c3ccc(C(F)(F)F)cc3)C[C@@H]12. The van der Waals surface area contributed by atoms with E-state index in [-0.39, 0.29) is 16.9 Å². The van der Waals surface area contributed by atoms with Crippen molar-refractivity contribution in [3.8, 4) is 0 Å². The average molecular weight is 449 g/mol. The van der Waals surface area contributed by atoms with Gasteiger partial charge in [-0.1, -0.05) is 32.1 Å². The highest BCUT2D eigenvalue weighted by Crippen LogP contribution is 2.67. The molecule has 0 bridgehead atoms. The molecule has 0 saturated heterocycles. The molecule has 1 aromatic carbocycles. The van der Waals surface area contributed by atoms with Crippen LogP contribution in [-0.4, -0.2) is 22.4 Å². The smallest absolute Gasteiger partial charge is 0.393 e. The molecule has 0 radical (unpaired) electrons. The number of halogens is 3. The zero-order chi connectivity index (χ0) is 22.9. The molecule has 5 rings (SSSR count). The summed E-state index contributed by atoms with van der Waals surface area (Å²) in [4.78, 5) is 0. The quantitative estimate of drug-likeness (QED) is 0.517. The Labute approximate surface area is 188 Å². The van der Waals surface area contributed by atoms with Crippen molar-refractivity contribution in [1.29, 1.82) is 0 Å². The van der Waals surface area contributed by atoms with Gasteiger partial charge in [-0.2, -0.15) is 13.2 Å². The molecular formula is C27H35F3O2. The van der Waals surface area contributed by atoms with Gasteiger partial charge in [-0.05, 0) is 104 Å². The summed E-state index contributed by atoms with van der Waals surface area (Å²) in [6, 6.07) is 5.26. The van der Waals surface area contributed by atoms with Crippen LogP contribution in [0.2, 0.25) is 0 Å². The van der Waals surface area contributed by atoms with Gasteiger partial charge in [-0.3, -0.25) is 0 Å². The lowest BCUT2D eigenvalue weighted by molar-refractivity contribution is -0.137. The highest BCUT2D eigenvalue weighted by Gasteiger charge is 2.61. The van der Waals surface area contributed by atoms with Gasteiger partial charge in [-0.15, -0.1) is 0 Å². The van der Waals surface area contributed by atoms with Crippen LogP contribution in [0, 0.1) is 34.5 Å². The van der Waals surface area contributed by atoms with E-state index in [9.17, 15) is 23.4 Å². The minimum absolute atomic E-state index is 0.148. The van der Waals surface area contributed by atoms with Gasteiger partial charge in [0.05, 0.1) is 17.8 Å². The molecule has 0 unspecified atom stereocenters. The summed E-state index contributed by atoms with van der Waals surface area (Å²) >= 11 is 0. The van der Waals surface area contributed by atoms with Gasteiger partial charge in [0.2, 0.25) is 0 Å². The van der Waals surface area contributed by atoms with Crippen LogP contribution in [0.1, 0.15) is 76.3 Å². The zero-order valence-corrected chi connectivity index (χ0v) is 19.0. The standard InChI is InChI=1S/C27H35F3O2/c1-25-11-9-20(31)15-19(25)7-8-21-22(25)10-12-26(2)23(21)14-17(24(26)32)13-16-3-5-18(6-4-16)27(28,29)30/h3-6,13,19-24,31-32H,7-12,14-15H2,1-2H3/b17-13+/t19-,20+,21+,22-,23-,24-,25-,26-/m0/s1. The van der Waals surface area contributed by atoms with Crippen LogP contribution in [0.5, 0.6) is 0 Å². The second-order valence-corrected chi connectivity index (χ2v) is 11.6. The Kier molecular flexibility index (Phi) is 5.33. The first-order valence-electron chi connectivity index (χ1n) is 12.3. The van der Waals surface area contributed by atoms with Crippen molar-refractivity contribution < 1.29 is 23.4 Å². The van der Waals surface area contributed by atoms with Gasteiger partial charge in [-0.25, -0.2) is 0 Å². The Balaban J connectivity index is 1.40. The Morgan fingerprint density at radius 3 is 2.28 bits per heavy atom. The highest BCUT2D eigenvalue weighted by molar-refractivity contribution is 5.56. The molecule has 0 heterocycles. The van der Waals surface area contributed by atoms with Crippen molar-refractivity contribution in [2.75, 3.05) is 0 Å². The van der Waals surface area contributed by atoms with Crippen molar-refractivity contribution in [3.05, 3.63) is 41.0 Å². The van der Waals surface area contributed by atoms with Crippen molar-refractivity contribution in [3.63, 3.8) is 0 Å². The molecule has 0 aliphatic heterocycles. The largest absolute Gasteiger partial charge is 0.416 e. The number of rotatable bonds is 1. The molecule has 4 aliphatic carbocycles. The first kappa shape index (κ1) is 22.5. The summed E-state index contributed by atoms with van der Waals surface area (Å²) in [5, 5.41) is 21.5. The Morgan fingerprint density at radius 2 is 1.59 bits per heavy atom. The van der Waals surface area contributed by atoms with E-state index in [1.165, 1.54) is 12.1 Å². The molecule has 176 valence electrons. The van der Waals surface area contributed by atoms with Gasteiger partial charge in [0.25, 0.3) is 0 Å². The van der Waals surface area contributed by atoms with E-state index in [1.54, 1.807) is 0 Å². The minimum atomic E-state index is -4.33. The second-order valence-electron chi connectivity index (χ2n) is 11.6. The normalized spacial score (nSPS) is 45.3. The molecule has 0 amide bonds. The Morgan fingerprint density at radius 1 is 0.906 bits per heavy atom. The van der Waals surface area contributed by atoms with Crippen molar-refractivity contribution in [1.82, 2.24) is 0 Å². The maximum Gasteiger partial charge on any atom is 0.416 e. The van der Waals surface area contributed by atoms with Gasteiger partial charge in [0.1, 0.15) is 0 Å². The summed E-state index contributed by atoms with van der Waals surface area (Å²) in [5.74, 6) is 2.25. The number of aliphatic hydroxyl groups excluding tert-OH is 2. The predicted octanol–water partition coefficient (Wildman–Crippen LogP) is 6.46. The number of benzene rings is 1. The number of fused-ring (bicyclic) bond motifs is 5. The number of hydrogen-bond donors (Lipinski definition) is 2. The molecule has 1 aromatic rings. The summed E-state index contributed by atoms with van der Waals surface area (Å²) in [7, 11) is 0. The average Bonchev–Trinajstić information content (AvgIpc) is 2.99. The lowest BCUT2D eigenvalue weighted by Gasteiger charge is -2.60. The third kappa shape index (κ3) is 3.46. The monoisotopic (exact) mass is 448 g/mol. The van der Waals surface area contributed by atoms with Gasteiger partial charge in [0, 0.05) is 5.41 Å². The first-order valence-corrected chi connectivity index (χ1v) is 12.3. The van der Waals surface area contributed by atoms with E-state index in [4.69, 9.17) is 0 Å². The minimum Gasteiger partial charge on any atom is -0.393 e. The summed E-state index contributed by atoms with van der Waals surface area (Å²) in [6.45, 7) is 4.68. The van der Waals surface area contributed by atoms with Crippen LogP contribution in [0.3, 0.4) is 0 Å². The maximum atomic E-state index is 12.9. The summed E-state index contributed by atoms with van der Waals surface area (Å²) in [6.07, 6.45) is 5.13. The van der Waals surface area contributed by atoms with E-state index >= 15 is 0 Å². The van der Waals surface area contributed by atoms with E-state index < -0.39 is 17.8 Å². The first-order chi connectivity index (χ1) is 15.0. The highest BCUT2D eigenvalue weighted by atomic mass is 19.4. The molecule has 0 spiro atoms. The van der Waals surface area contributed by atoms with Crippen LogP contribution in [0.25, 0.3) is 6.08 Å². The topological polar surface area (TPSA) is 40.5 Å². The number of hydrogen-bond acceptors (Lipinski definition) is 2. The van der Waals surface area contributed by atoms with E-state index in [0.29, 0.717) is 23.7 Å². The fourth-order valence-electron chi connectivity index (χ4n) is 8.22.